The standard InChI is InChI=1S/C9H18ClNO/c1-3-12-6-4-5-11-8-9(2)7-10/h7,11H,3-6,8H2,1-2H3. The molecular formula is C9H18ClNO. The fourth-order valence-corrected chi connectivity index (χ4v) is 0.845. The summed E-state index contributed by atoms with van der Waals surface area (Å²) in [6.45, 7) is 7.52. The summed E-state index contributed by atoms with van der Waals surface area (Å²) in [5, 5.41) is 3.26. The molecular weight excluding hydrogens is 174 g/mol. The van der Waals surface area contributed by atoms with E-state index >= 15 is 0 Å². The second kappa shape index (κ2) is 9.04. The quantitative estimate of drug-likeness (QED) is 0.623. The van der Waals surface area contributed by atoms with Crippen molar-refractivity contribution in [1.82, 2.24) is 5.32 Å². The average molecular weight is 192 g/mol. The zero-order chi connectivity index (χ0) is 9.23. The maximum Gasteiger partial charge on any atom is 0.0477 e. The summed E-state index contributed by atoms with van der Waals surface area (Å²) in [6, 6.07) is 0. The minimum absolute atomic E-state index is 0.806. The number of ether oxygens (including phenoxy) is 1. The minimum Gasteiger partial charge on any atom is -0.382 e. The van der Waals surface area contributed by atoms with E-state index in [1.54, 1.807) is 5.54 Å². The zero-order valence-corrected chi connectivity index (χ0v) is 8.66. The molecule has 0 bridgehead atoms. The average Bonchev–Trinajstić information content (AvgIpc) is 2.10. The Labute approximate surface area is 79.9 Å². The SMILES string of the molecule is CCOCCCNCC(C)=CCl. The lowest BCUT2D eigenvalue weighted by atomic mass is 10.3. The molecule has 0 heterocycles. The van der Waals surface area contributed by atoms with Crippen LogP contribution in [0.1, 0.15) is 20.3 Å². The van der Waals surface area contributed by atoms with Gasteiger partial charge in [0.2, 0.25) is 0 Å². The van der Waals surface area contributed by atoms with Gasteiger partial charge in [0.15, 0.2) is 0 Å². The number of hydrogen-bond donors (Lipinski definition) is 1. The zero-order valence-electron chi connectivity index (χ0n) is 7.90. The third-order valence-electron chi connectivity index (χ3n) is 1.44. The van der Waals surface area contributed by atoms with Crippen molar-refractivity contribution in [2.24, 2.45) is 0 Å². The van der Waals surface area contributed by atoms with E-state index in [0.29, 0.717) is 0 Å². The Morgan fingerprint density at radius 3 is 2.92 bits per heavy atom. The molecule has 0 aliphatic rings. The smallest absolute Gasteiger partial charge is 0.0477 e. The Bertz CT molecular complexity index is 126. The van der Waals surface area contributed by atoms with Crippen molar-refractivity contribution in [1.29, 1.82) is 0 Å². The molecule has 12 heavy (non-hydrogen) atoms. The third kappa shape index (κ3) is 8.05. The lowest BCUT2D eigenvalue weighted by Crippen LogP contribution is -2.18. The minimum atomic E-state index is 0.806. The third-order valence-corrected chi connectivity index (χ3v) is 1.81. The summed E-state index contributed by atoms with van der Waals surface area (Å²) in [5.41, 5.74) is 2.77. The van der Waals surface area contributed by atoms with Crippen LogP contribution in [0.15, 0.2) is 11.1 Å². The summed E-state index contributed by atoms with van der Waals surface area (Å²) in [7, 11) is 0. The van der Waals surface area contributed by atoms with Crippen molar-refractivity contribution in [3.63, 3.8) is 0 Å². The van der Waals surface area contributed by atoms with E-state index in [2.05, 4.69) is 5.32 Å². The monoisotopic (exact) mass is 191 g/mol. The molecule has 0 aromatic carbocycles. The summed E-state index contributed by atoms with van der Waals surface area (Å²) >= 11 is 5.49. The molecule has 0 aliphatic heterocycles. The van der Waals surface area contributed by atoms with Gasteiger partial charge in [-0.15, -0.1) is 0 Å². The molecule has 2 nitrogen and oxygen atoms in total. The second-order valence-electron chi connectivity index (χ2n) is 2.68. The Morgan fingerprint density at radius 2 is 2.33 bits per heavy atom. The molecule has 72 valence electrons. The summed E-state index contributed by atoms with van der Waals surface area (Å²) in [5.74, 6) is 0. The highest BCUT2D eigenvalue weighted by molar-refractivity contribution is 6.25. The number of hydrogen-bond acceptors (Lipinski definition) is 2. The van der Waals surface area contributed by atoms with Crippen molar-refractivity contribution < 1.29 is 4.74 Å². The van der Waals surface area contributed by atoms with Gasteiger partial charge in [0.1, 0.15) is 0 Å². The van der Waals surface area contributed by atoms with Crippen LogP contribution >= 0.6 is 11.6 Å². The fourth-order valence-electron chi connectivity index (χ4n) is 0.768. The Hall–Kier alpha value is -0.0500. The fraction of sp³-hybridized carbons (Fsp3) is 0.778. The lowest BCUT2D eigenvalue weighted by molar-refractivity contribution is 0.145. The summed E-state index contributed by atoms with van der Waals surface area (Å²) < 4.78 is 5.19. The molecule has 0 rings (SSSR count). The van der Waals surface area contributed by atoms with Gasteiger partial charge < -0.3 is 10.1 Å². The van der Waals surface area contributed by atoms with Crippen LogP contribution in [0.3, 0.4) is 0 Å². The molecule has 0 unspecified atom stereocenters. The van der Waals surface area contributed by atoms with Gasteiger partial charge in [-0.25, -0.2) is 0 Å². The van der Waals surface area contributed by atoms with Crippen LogP contribution in [0.5, 0.6) is 0 Å². The molecule has 0 saturated heterocycles. The molecule has 0 spiro atoms. The van der Waals surface area contributed by atoms with Crippen LogP contribution in [0, 0.1) is 0 Å². The molecule has 0 aromatic rings. The summed E-state index contributed by atoms with van der Waals surface area (Å²) in [6.07, 6.45) is 1.06. The van der Waals surface area contributed by atoms with Crippen LogP contribution in [-0.4, -0.2) is 26.3 Å². The molecule has 1 N–H and O–H groups in total. The normalized spacial score (nSPS) is 12.1. The van der Waals surface area contributed by atoms with Gasteiger partial charge in [-0.2, -0.15) is 0 Å². The van der Waals surface area contributed by atoms with Gasteiger partial charge in [-0.05, 0) is 32.4 Å². The molecule has 0 aliphatic carbocycles. The first-order valence-electron chi connectivity index (χ1n) is 4.35. The van der Waals surface area contributed by atoms with E-state index in [1.165, 1.54) is 0 Å². The van der Waals surface area contributed by atoms with E-state index < -0.39 is 0 Å². The molecule has 0 fully saturated rings. The predicted molar refractivity (Wildman–Crippen MR) is 53.6 cm³/mol. The van der Waals surface area contributed by atoms with Gasteiger partial charge in [0.25, 0.3) is 0 Å². The highest BCUT2D eigenvalue weighted by Gasteiger charge is 1.89. The predicted octanol–water partition coefficient (Wildman–Crippen LogP) is 2.15. The van der Waals surface area contributed by atoms with Crippen LogP contribution in [0.2, 0.25) is 0 Å². The van der Waals surface area contributed by atoms with E-state index in [-0.39, 0.29) is 0 Å². The van der Waals surface area contributed by atoms with Crippen LogP contribution in [-0.2, 0) is 4.74 Å². The Balaban J connectivity index is 3.00. The van der Waals surface area contributed by atoms with E-state index in [0.717, 1.165) is 38.3 Å². The molecule has 0 aromatic heterocycles. The van der Waals surface area contributed by atoms with Crippen molar-refractivity contribution in [2.45, 2.75) is 20.3 Å². The van der Waals surface area contributed by atoms with Crippen molar-refractivity contribution in [3.05, 3.63) is 11.1 Å². The van der Waals surface area contributed by atoms with Crippen LogP contribution in [0.4, 0.5) is 0 Å². The van der Waals surface area contributed by atoms with Gasteiger partial charge in [0, 0.05) is 25.3 Å². The highest BCUT2D eigenvalue weighted by atomic mass is 35.5. The molecule has 3 heteroatoms. The van der Waals surface area contributed by atoms with Gasteiger partial charge in [-0.1, -0.05) is 11.6 Å². The van der Waals surface area contributed by atoms with E-state index in [9.17, 15) is 0 Å². The molecule has 0 amide bonds. The van der Waals surface area contributed by atoms with E-state index in [1.807, 2.05) is 13.8 Å². The highest BCUT2D eigenvalue weighted by Crippen LogP contribution is 1.91. The van der Waals surface area contributed by atoms with Crippen LogP contribution in [0.25, 0.3) is 0 Å². The topological polar surface area (TPSA) is 21.3 Å². The first kappa shape index (κ1) is 11.9. The largest absolute Gasteiger partial charge is 0.382 e. The first-order valence-corrected chi connectivity index (χ1v) is 4.79. The van der Waals surface area contributed by atoms with Crippen molar-refractivity contribution in [2.75, 3.05) is 26.3 Å². The molecule has 0 saturated carbocycles. The van der Waals surface area contributed by atoms with Gasteiger partial charge >= 0.3 is 0 Å². The van der Waals surface area contributed by atoms with Crippen LogP contribution < -0.4 is 5.32 Å². The maximum absolute atomic E-state index is 5.49. The van der Waals surface area contributed by atoms with Gasteiger partial charge in [-0.3, -0.25) is 0 Å². The number of rotatable bonds is 7. The van der Waals surface area contributed by atoms with Crippen molar-refractivity contribution in [3.8, 4) is 0 Å². The van der Waals surface area contributed by atoms with Gasteiger partial charge in [0.05, 0.1) is 0 Å². The lowest BCUT2D eigenvalue weighted by Gasteiger charge is -2.03. The first-order chi connectivity index (χ1) is 5.81. The Kier molecular flexibility index (Phi) is 9.00. The maximum atomic E-state index is 5.49. The van der Waals surface area contributed by atoms with Crippen molar-refractivity contribution >= 4 is 11.6 Å². The Morgan fingerprint density at radius 1 is 1.58 bits per heavy atom. The number of nitrogens with one attached hydrogen (secondary N) is 1. The molecule has 0 radical (unpaired) electrons. The number of halogens is 1. The second-order valence-corrected chi connectivity index (χ2v) is 2.90. The van der Waals surface area contributed by atoms with E-state index in [4.69, 9.17) is 16.3 Å². The molecule has 0 atom stereocenters. The summed E-state index contributed by atoms with van der Waals surface area (Å²) in [4.78, 5) is 0.